The SMILES string of the molecule is CNS(=O)(=O)c1cc2oc(=O)[nH]c2cc1F. The van der Waals surface area contributed by atoms with Crippen molar-refractivity contribution < 1.29 is 17.2 Å². The van der Waals surface area contributed by atoms with E-state index in [-0.39, 0.29) is 11.1 Å². The monoisotopic (exact) mass is 246 g/mol. The molecule has 0 saturated carbocycles. The van der Waals surface area contributed by atoms with E-state index in [1.165, 1.54) is 0 Å². The number of H-pyrrole nitrogens is 1. The number of aromatic nitrogens is 1. The van der Waals surface area contributed by atoms with Gasteiger partial charge in [-0.25, -0.2) is 22.3 Å². The predicted molar refractivity (Wildman–Crippen MR) is 53.0 cm³/mol. The first-order valence-electron chi connectivity index (χ1n) is 4.20. The highest BCUT2D eigenvalue weighted by Crippen LogP contribution is 2.20. The summed E-state index contributed by atoms with van der Waals surface area (Å²) in [4.78, 5) is 12.5. The molecule has 0 bridgehead atoms. The molecule has 6 nitrogen and oxygen atoms in total. The van der Waals surface area contributed by atoms with Crippen LogP contribution in [0.3, 0.4) is 0 Å². The Kier molecular flexibility index (Phi) is 2.32. The number of fused-ring (bicyclic) bond motifs is 1. The summed E-state index contributed by atoms with van der Waals surface area (Å²) in [7, 11) is -2.75. The Morgan fingerprint density at radius 2 is 2.12 bits per heavy atom. The quantitative estimate of drug-likeness (QED) is 0.790. The fourth-order valence-electron chi connectivity index (χ4n) is 1.27. The zero-order chi connectivity index (χ0) is 11.9. The average Bonchev–Trinajstić information content (AvgIpc) is 2.56. The minimum atomic E-state index is -3.91. The van der Waals surface area contributed by atoms with Gasteiger partial charge in [0.1, 0.15) is 10.7 Å². The Morgan fingerprint density at radius 3 is 2.75 bits per heavy atom. The van der Waals surface area contributed by atoms with Crippen molar-refractivity contribution in [2.24, 2.45) is 0 Å². The second-order valence-electron chi connectivity index (χ2n) is 3.00. The van der Waals surface area contributed by atoms with Crippen molar-refractivity contribution in [1.29, 1.82) is 0 Å². The number of rotatable bonds is 2. The molecule has 0 radical (unpaired) electrons. The van der Waals surface area contributed by atoms with Gasteiger partial charge in [0, 0.05) is 12.1 Å². The number of benzene rings is 1. The molecule has 2 aromatic rings. The molecule has 0 amide bonds. The van der Waals surface area contributed by atoms with Gasteiger partial charge in [-0.2, -0.15) is 0 Å². The summed E-state index contributed by atoms with van der Waals surface area (Å²) in [6.45, 7) is 0. The molecule has 1 heterocycles. The lowest BCUT2D eigenvalue weighted by molar-refractivity contribution is 0.546. The Bertz CT molecular complexity index is 700. The van der Waals surface area contributed by atoms with Gasteiger partial charge in [0.05, 0.1) is 5.52 Å². The number of hydrogen-bond donors (Lipinski definition) is 2. The van der Waals surface area contributed by atoms with Crippen LogP contribution in [0.2, 0.25) is 0 Å². The molecule has 0 spiro atoms. The van der Waals surface area contributed by atoms with Crippen LogP contribution in [0.15, 0.2) is 26.2 Å². The molecule has 86 valence electrons. The molecular weight excluding hydrogens is 239 g/mol. The molecule has 0 unspecified atom stereocenters. The largest absolute Gasteiger partial charge is 0.417 e. The highest BCUT2D eigenvalue weighted by atomic mass is 32.2. The summed E-state index contributed by atoms with van der Waals surface area (Å²) >= 11 is 0. The third-order valence-electron chi connectivity index (χ3n) is 2.03. The lowest BCUT2D eigenvalue weighted by Crippen LogP contribution is -2.19. The lowest BCUT2D eigenvalue weighted by Gasteiger charge is -2.02. The van der Waals surface area contributed by atoms with E-state index >= 15 is 0 Å². The first kappa shape index (κ1) is 10.8. The maximum absolute atomic E-state index is 13.4. The van der Waals surface area contributed by atoms with Gasteiger partial charge in [-0.05, 0) is 7.05 Å². The molecule has 0 atom stereocenters. The molecule has 1 aromatic heterocycles. The minimum Gasteiger partial charge on any atom is -0.408 e. The molecule has 8 heteroatoms. The summed E-state index contributed by atoms with van der Waals surface area (Å²) in [5, 5.41) is 0. The molecule has 0 aliphatic carbocycles. The topological polar surface area (TPSA) is 92.2 Å². The maximum atomic E-state index is 13.4. The fraction of sp³-hybridized carbons (Fsp3) is 0.125. The Balaban J connectivity index is 2.81. The number of hydrogen-bond acceptors (Lipinski definition) is 4. The third-order valence-corrected chi connectivity index (χ3v) is 3.46. The molecule has 0 aliphatic heterocycles. The molecule has 1 aromatic carbocycles. The van der Waals surface area contributed by atoms with Gasteiger partial charge >= 0.3 is 5.76 Å². The van der Waals surface area contributed by atoms with E-state index in [2.05, 4.69) is 9.40 Å². The van der Waals surface area contributed by atoms with Crippen LogP contribution in [0.25, 0.3) is 11.1 Å². The third kappa shape index (κ3) is 1.61. The van der Waals surface area contributed by atoms with Gasteiger partial charge in [-0.3, -0.25) is 4.98 Å². The van der Waals surface area contributed by atoms with E-state index in [1.807, 2.05) is 4.72 Å². The van der Waals surface area contributed by atoms with Crippen molar-refractivity contribution >= 4 is 21.1 Å². The maximum Gasteiger partial charge on any atom is 0.417 e. The van der Waals surface area contributed by atoms with Crippen LogP contribution in [-0.2, 0) is 10.0 Å². The Hall–Kier alpha value is -1.67. The van der Waals surface area contributed by atoms with Gasteiger partial charge in [0.15, 0.2) is 5.58 Å². The van der Waals surface area contributed by atoms with Crippen molar-refractivity contribution in [1.82, 2.24) is 9.71 Å². The molecule has 2 rings (SSSR count). The lowest BCUT2D eigenvalue weighted by atomic mass is 10.3. The van der Waals surface area contributed by atoms with E-state index < -0.39 is 26.5 Å². The predicted octanol–water partition coefficient (Wildman–Crippen LogP) is 0.168. The molecular formula is C8H7FN2O4S. The standard InChI is InChI=1S/C8H7FN2O4S/c1-10-16(13,14)7-3-6-5(2-4(7)9)11-8(12)15-6/h2-3,10H,1H3,(H,11,12). The second-order valence-corrected chi connectivity index (χ2v) is 4.86. The van der Waals surface area contributed by atoms with E-state index in [0.29, 0.717) is 0 Å². The van der Waals surface area contributed by atoms with E-state index in [0.717, 1.165) is 19.2 Å². The fourth-order valence-corrected chi connectivity index (χ4v) is 2.07. The number of halogens is 1. The molecule has 2 N–H and O–H groups in total. The molecule has 0 aliphatic rings. The minimum absolute atomic E-state index is 0.0137. The van der Waals surface area contributed by atoms with Crippen LogP contribution in [0.1, 0.15) is 0 Å². The number of aromatic amines is 1. The van der Waals surface area contributed by atoms with Crippen molar-refractivity contribution in [2.75, 3.05) is 7.05 Å². The summed E-state index contributed by atoms with van der Waals surface area (Å²) in [6.07, 6.45) is 0. The summed E-state index contributed by atoms with van der Waals surface area (Å²) in [5.74, 6) is -1.73. The first-order valence-corrected chi connectivity index (χ1v) is 5.68. The molecule has 0 fully saturated rings. The number of sulfonamides is 1. The highest BCUT2D eigenvalue weighted by molar-refractivity contribution is 7.89. The van der Waals surface area contributed by atoms with Crippen molar-refractivity contribution in [3.63, 3.8) is 0 Å². The van der Waals surface area contributed by atoms with Gasteiger partial charge < -0.3 is 4.42 Å². The van der Waals surface area contributed by atoms with Crippen LogP contribution in [0.5, 0.6) is 0 Å². The molecule has 0 saturated heterocycles. The Morgan fingerprint density at radius 1 is 1.44 bits per heavy atom. The summed E-state index contributed by atoms with van der Waals surface area (Å²) in [6, 6.07) is 1.85. The highest BCUT2D eigenvalue weighted by Gasteiger charge is 2.19. The van der Waals surface area contributed by atoms with Crippen LogP contribution in [0.4, 0.5) is 4.39 Å². The van der Waals surface area contributed by atoms with Crippen molar-refractivity contribution in [3.05, 3.63) is 28.5 Å². The van der Waals surface area contributed by atoms with Crippen LogP contribution >= 0.6 is 0 Å². The van der Waals surface area contributed by atoms with Crippen LogP contribution in [0, 0.1) is 5.82 Å². The van der Waals surface area contributed by atoms with Crippen molar-refractivity contribution in [3.8, 4) is 0 Å². The van der Waals surface area contributed by atoms with Gasteiger partial charge in [0.25, 0.3) is 0 Å². The number of nitrogens with one attached hydrogen (secondary N) is 2. The van der Waals surface area contributed by atoms with Gasteiger partial charge in [-0.15, -0.1) is 0 Å². The number of oxazole rings is 1. The van der Waals surface area contributed by atoms with Gasteiger partial charge in [-0.1, -0.05) is 0 Å². The zero-order valence-electron chi connectivity index (χ0n) is 8.07. The zero-order valence-corrected chi connectivity index (χ0v) is 8.89. The van der Waals surface area contributed by atoms with Crippen LogP contribution < -0.4 is 10.5 Å². The molecule has 16 heavy (non-hydrogen) atoms. The Labute approximate surface area is 89.1 Å². The van der Waals surface area contributed by atoms with Crippen LogP contribution in [-0.4, -0.2) is 20.4 Å². The van der Waals surface area contributed by atoms with E-state index in [1.54, 1.807) is 0 Å². The second kappa shape index (κ2) is 3.42. The summed E-state index contributed by atoms with van der Waals surface area (Å²) in [5.41, 5.74) is 0.0952. The smallest absolute Gasteiger partial charge is 0.408 e. The normalized spacial score (nSPS) is 12.1. The van der Waals surface area contributed by atoms with Crippen molar-refractivity contribution in [2.45, 2.75) is 4.90 Å². The van der Waals surface area contributed by atoms with E-state index in [9.17, 15) is 17.6 Å². The van der Waals surface area contributed by atoms with Gasteiger partial charge in [0.2, 0.25) is 10.0 Å². The van der Waals surface area contributed by atoms with E-state index in [4.69, 9.17) is 0 Å². The summed E-state index contributed by atoms with van der Waals surface area (Å²) < 4.78 is 42.8. The average molecular weight is 246 g/mol. The first-order chi connectivity index (χ1) is 7.44.